The number of hydrogen-bond acceptors (Lipinski definition) is 5. The summed E-state index contributed by atoms with van der Waals surface area (Å²) in [6, 6.07) is 5.77. The zero-order valence-electron chi connectivity index (χ0n) is 18.3. The molecule has 4 bridgehead atoms. The van der Waals surface area contributed by atoms with Crippen molar-refractivity contribution in [2.75, 3.05) is 10.6 Å². The van der Waals surface area contributed by atoms with Gasteiger partial charge in [-0.1, -0.05) is 0 Å². The van der Waals surface area contributed by atoms with Crippen LogP contribution in [0.2, 0.25) is 0 Å². The van der Waals surface area contributed by atoms with Crippen LogP contribution in [0, 0.1) is 17.8 Å². The van der Waals surface area contributed by atoms with Gasteiger partial charge in [0.15, 0.2) is 6.21 Å². The molecule has 0 spiro atoms. The van der Waals surface area contributed by atoms with E-state index < -0.39 is 0 Å². The van der Waals surface area contributed by atoms with Gasteiger partial charge in [0.2, 0.25) is 6.21 Å². The Morgan fingerprint density at radius 1 is 1.16 bits per heavy atom. The molecule has 4 aliphatic carbocycles. The molecule has 6 nitrogen and oxygen atoms in total. The third kappa shape index (κ3) is 4.31. The SMILES string of the molecule is CC(C)OC(=O)c1ccc(NC23CC4CC(CC(C4)C2)C3)c(NC=C2C=NC=[N+]=C2)c1. The fourth-order valence-corrected chi connectivity index (χ4v) is 6.28. The minimum atomic E-state index is -0.303. The van der Waals surface area contributed by atoms with Crippen LogP contribution in [-0.2, 0) is 4.74 Å². The normalized spacial score (nSPS) is 31.5. The minimum Gasteiger partial charge on any atom is -0.459 e. The number of benzene rings is 1. The van der Waals surface area contributed by atoms with E-state index in [1.54, 1.807) is 12.4 Å². The van der Waals surface area contributed by atoms with Crippen LogP contribution in [0.3, 0.4) is 0 Å². The van der Waals surface area contributed by atoms with Crippen LogP contribution in [-0.4, -0.2) is 36.4 Å². The Morgan fingerprint density at radius 3 is 2.48 bits per heavy atom. The van der Waals surface area contributed by atoms with Crippen molar-refractivity contribution in [2.45, 2.75) is 64.0 Å². The van der Waals surface area contributed by atoms with Crippen LogP contribution < -0.4 is 15.3 Å². The molecule has 0 saturated heterocycles. The number of esters is 1. The van der Waals surface area contributed by atoms with Crippen LogP contribution in [0.15, 0.2) is 35.0 Å². The molecule has 162 valence electrons. The Hall–Kier alpha value is -2.85. The van der Waals surface area contributed by atoms with Gasteiger partial charge in [-0.3, -0.25) is 0 Å². The molecule has 6 heteroatoms. The van der Waals surface area contributed by atoms with Crippen molar-refractivity contribution in [3.05, 3.63) is 35.5 Å². The van der Waals surface area contributed by atoms with Gasteiger partial charge in [0, 0.05) is 11.7 Å². The molecule has 1 aliphatic heterocycles. The predicted octanol–water partition coefficient (Wildman–Crippen LogP) is 4.18. The van der Waals surface area contributed by atoms with Gasteiger partial charge in [-0.05, 0) is 93.3 Å². The molecule has 4 saturated carbocycles. The average Bonchev–Trinajstić information content (AvgIpc) is 2.72. The summed E-state index contributed by atoms with van der Waals surface area (Å²) < 4.78 is 9.48. The summed E-state index contributed by atoms with van der Waals surface area (Å²) in [4.78, 5) is 16.6. The van der Waals surface area contributed by atoms with Gasteiger partial charge in [-0.25, -0.2) is 9.46 Å². The van der Waals surface area contributed by atoms with E-state index in [4.69, 9.17) is 4.74 Å². The maximum absolute atomic E-state index is 12.5. The molecule has 1 heterocycles. The summed E-state index contributed by atoms with van der Waals surface area (Å²) in [5.41, 5.74) is 3.51. The van der Waals surface area contributed by atoms with Crippen molar-refractivity contribution in [3.63, 3.8) is 0 Å². The van der Waals surface area contributed by atoms with E-state index in [9.17, 15) is 4.79 Å². The summed E-state index contributed by atoms with van der Waals surface area (Å²) >= 11 is 0. The van der Waals surface area contributed by atoms with E-state index in [1.807, 2.05) is 38.2 Å². The molecule has 1 aromatic carbocycles. The van der Waals surface area contributed by atoms with Crippen LogP contribution >= 0.6 is 0 Å². The monoisotopic (exact) mass is 419 g/mol. The number of carbonyl (C=O) groups excluding carboxylic acids is 1. The maximum Gasteiger partial charge on any atom is 0.377 e. The lowest BCUT2D eigenvalue weighted by Crippen LogP contribution is -2.54. The standard InChI is InChI=1S/C25H30N4O2/c1-16(2)31-24(30)21-3-4-22(23(8-21)28-14-20-12-26-15-27-13-20)29-25-9-17-5-18(10-25)7-19(6-17)11-25/h3-4,8,12-19H,5-7,9-11H2,1-2H3,(H,29,30)/p+1. The smallest absolute Gasteiger partial charge is 0.377 e. The van der Waals surface area contributed by atoms with Crippen LogP contribution in [0.25, 0.3) is 0 Å². The van der Waals surface area contributed by atoms with E-state index in [0.717, 1.165) is 34.7 Å². The molecule has 31 heavy (non-hydrogen) atoms. The van der Waals surface area contributed by atoms with E-state index in [-0.39, 0.29) is 17.6 Å². The first-order valence-corrected chi connectivity index (χ1v) is 11.5. The third-order valence-corrected chi connectivity index (χ3v) is 7.01. The zero-order valence-corrected chi connectivity index (χ0v) is 18.3. The number of hydrogen-bond donors (Lipinski definition) is 2. The molecule has 0 aromatic heterocycles. The Morgan fingerprint density at radius 2 is 1.87 bits per heavy atom. The lowest BCUT2D eigenvalue weighted by molar-refractivity contribution is 0.0107. The van der Waals surface area contributed by atoms with Crippen molar-refractivity contribution < 1.29 is 9.53 Å². The van der Waals surface area contributed by atoms with Crippen molar-refractivity contribution in [2.24, 2.45) is 22.7 Å². The Kier molecular flexibility index (Phi) is 5.19. The van der Waals surface area contributed by atoms with Gasteiger partial charge in [0.1, 0.15) is 0 Å². The molecule has 5 aliphatic rings. The highest BCUT2D eigenvalue weighted by atomic mass is 16.5. The molecule has 4 fully saturated rings. The van der Waals surface area contributed by atoms with Gasteiger partial charge in [-0.2, -0.15) is 0 Å². The molecule has 1 aromatic rings. The number of aliphatic imine (C=N–C) groups is 1. The average molecular weight is 420 g/mol. The van der Waals surface area contributed by atoms with Crippen LogP contribution in [0.4, 0.5) is 11.4 Å². The first-order valence-electron chi connectivity index (χ1n) is 11.5. The van der Waals surface area contributed by atoms with Gasteiger partial charge < -0.3 is 15.4 Å². The van der Waals surface area contributed by atoms with Crippen LogP contribution in [0.5, 0.6) is 0 Å². The summed E-state index contributed by atoms with van der Waals surface area (Å²) in [5.74, 6) is 2.29. The number of nitrogens with one attached hydrogen (secondary N) is 2. The fourth-order valence-electron chi connectivity index (χ4n) is 6.28. The highest BCUT2D eigenvalue weighted by Crippen LogP contribution is 2.56. The van der Waals surface area contributed by atoms with E-state index in [0.29, 0.717) is 5.56 Å². The second-order valence-electron chi connectivity index (χ2n) is 10.00. The van der Waals surface area contributed by atoms with E-state index in [1.165, 1.54) is 44.9 Å². The second-order valence-corrected chi connectivity index (χ2v) is 10.00. The van der Waals surface area contributed by atoms with Crippen molar-refractivity contribution in [1.29, 1.82) is 0 Å². The van der Waals surface area contributed by atoms with Gasteiger partial charge >= 0.3 is 12.3 Å². The number of rotatable bonds is 6. The van der Waals surface area contributed by atoms with Crippen LogP contribution in [0.1, 0.15) is 62.7 Å². The first kappa shape index (κ1) is 20.1. The molecule has 2 N–H and O–H groups in total. The van der Waals surface area contributed by atoms with E-state index in [2.05, 4.69) is 20.3 Å². The third-order valence-electron chi connectivity index (χ3n) is 7.01. The predicted molar refractivity (Wildman–Crippen MR) is 126 cm³/mol. The molecular formula is C25H31N4O2+. The molecule has 0 atom stereocenters. The quantitative estimate of drug-likeness (QED) is 0.536. The first-order chi connectivity index (χ1) is 15.0. The molecule has 0 unspecified atom stereocenters. The lowest BCUT2D eigenvalue weighted by Gasteiger charge is -2.57. The van der Waals surface area contributed by atoms with Crippen molar-refractivity contribution >= 4 is 36.1 Å². The molecule has 0 radical (unpaired) electrons. The minimum absolute atomic E-state index is 0.151. The van der Waals surface area contributed by atoms with Crippen molar-refractivity contribution in [3.8, 4) is 0 Å². The largest absolute Gasteiger partial charge is 0.459 e. The molecular weight excluding hydrogens is 388 g/mol. The summed E-state index contributed by atoms with van der Waals surface area (Å²) in [6.07, 6.45) is 14.7. The molecule has 6 rings (SSSR count). The fraction of sp³-hybridized carbons (Fsp3) is 0.520. The number of nitrogens with zero attached hydrogens (tertiary/aromatic N) is 2. The Labute approximate surface area is 183 Å². The summed E-state index contributed by atoms with van der Waals surface area (Å²) in [7, 11) is 0. The van der Waals surface area contributed by atoms with Crippen molar-refractivity contribution in [1.82, 2.24) is 4.67 Å². The summed E-state index contributed by atoms with van der Waals surface area (Å²) in [5, 5.41) is 7.32. The van der Waals surface area contributed by atoms with Gasteiger partial charge in [0.05, 0.1) is 28.6 Å². The van der Waals surface area contributed by atoms with Gasteiger partial charge in [0.25, 0.3) is 0 Å². The zero-order chi connectivity index (χ0) is 21.4. The second kappa shape index (κ2) is 8.01. The maximum atomic E-state index is 12.5. The number of carbonyl (C=O) groups is 1. The Balaban J connectivity index is 1.43. The van der Waals surface area contributed by atoms with E-state index >= 15 is 0 Å². The highest BCUT2D eigenvalue weighted by molar-refractivity contribution is 6.08. The number of ether oxygens (including phenoxy) is 1. The highest BCUT2D eigenvalue weighted by Gasteiger charge is 2.51. The Bertz CT molecular complexity index is 965. The number of allylic oxidation sites excluding steroid dienone is 1. The van der Waals surface area contributed by atoms with Gasteiger partial charge in [-0.15, -0.1) is 0 Å². The number of anilines is 2. The summed E-state index contributed by atoms with van der Waals surface area (Å²) in [6.45, 7) is 3.73. The topological polar surface area (TPSA) is 76.8 Å². The lowest BCUT2D eigenvalue weighted by atomic mass is 9.53. The molecule has 0 amide bonds.